The van der Waals surface area contributed by atoms with E-state index in [2.05, 4.69) is 194 Å². The first kappa shape index (κ1) is 39.0. The van der Waals surface area contributed by atoms with E-state index in [1.165, 1.54) is 33.0 Å². The molecule has 0 saturated heterocycles. The van der Waals surface area contributed by atoms with Gasteiger partial charge < -0.3 is 9.30 Å². The summed E-state index contributed by atoms with van der Waals surface area (Å²) in [5.74, 6) is 0.485. The number of hydrogen-bond acceptors (Lipinski definition) is 3. The van der Waals surface area contributed by atoms with Crippen molar-refractivity contribution in [3.05, 3.63) is 172 Å². The highest BCUT2D eigenvalue weighted by Crippen LogP contribution is 2.49. The molecule has 0 saturated carbocycles. The minimum absolute atomic E-state index is 0.0859. The largest absolute Gasteiger partial charge is 0.468 e. The quantitative estimate of drug-likeness (QED) is 0.177. The summed E-state index contributed by atoms with van der Waals surface area (Å²) in [6.07, 6.45) is 0.659. The van der Waals surface area contributed by atoms with Crippen LogP contribution in [-0.2, 0) is 28.4 Å². The third-order valence-corrected chi connectivity index (χ3v) is 14.6. The van der Waals surface area contributed by atoms with Crippen molar-refractivity contribution < 1.29 is 7.48 Å². The van der Waals surface area contributed by atoms with Crippen molar-refractivity contribution in [2.75, 3.05) is 0 Å². The third kappa shape index (κ3) is 6.32. The Kier molecular flexibility index (Phi) is 8.40. The lowest BCUT2D eigenvalue weighted by atomic mass is 9.66. The van der Waals surface area contributed by atoms with Gasteiger partial charge in [-0.1, -0.05) is 95.6 Å². The number of hydrogen-bond donors (Lipinski definition) is 0. The van der Waals surface area contributed by atoms with Crippen molar-refractivity contribution in [3.8, 4) is 22.5 Å². The predicted octanol–water partition coefficient (Wildman–Crippen LogP) is 14.9. The van der Waals surface area contributed by atoms with Crippen LogP contribution in [0, 0.1) is 27.7 Å². The number of rotatable bonds is 4. The van der Waals surface area contributed by atoms with Crippen LogP contribution in [0.4, 0.5) is 0 Å². The van der Waals surface area contributed by atoms with E-state index in [1.54, 1.807) is 0 Å². The number of pyridine rings is 1. The molecular formula is C60H60N4O. The minimum Gasteiger partial charge on any atom is -0.468 e. The average molecular weight is 855 g/mol. The SMILES string of the molecule is [2H]C1([2H])c2cc(C)c(C(C)(C)C)c(C)c2C[C@]2(C)OC(c3cc(-n4c5ccc(C)cc5c5cc(C)c(-n6c7ccc(-c8ccccc8)cc7c7cccnc76)cc54)cc(C(C)(C)C)c3)=N[C@@]12C. The number of ether oxygens (including phenoxy) is 1. The smallest absolute Gasteiger partial charge is 0.217 e. The van der Waals surface area contributed by atoms with Gasteiger partial charge in [0.1, 0.15) is 16.8 Å². The zero-order chi connectivity index (χ0) is 47.3. The number of aromatic nitrogens is 3. The second-order valence-electron chi connectivity index (χ2n) is 21.4. The first-order valence-electron chi connectivity index (χ1n) is 24.2. The van der Waals surface area contributed by atoms with Crippen LogP contribution in [-0.4, -0.2) is 31.2 Å². The van der Waals surface area contributed by atoms with Gasteiger partial charge in [0.05, 0.1) is 22.2 Å². The lowest BCUT2D eigenvalue weighted by Crippen LogP contribution is -2.53. The van der Waals surface area contributed by atoms with Crippen molar-refractivity contribution in [2.24, 2.45) is 4.99 Å². The molecule has 6 aromatic carbocycles. The van der Waals surface area contributed by atoms with Crippen LogP contribution in [0.3, 0.4) is 0 Å². The molecule has 0 N–H and O–H groups in total. The second-order valence-corrected chi connectivity index (χ2v) is 21.4. The Bertz CT molecular complexity index is 3600. The highest BCUT2D eigenvalue weighted by molar-refractivity contribution is 6.12. The van der Waals surface area contributed by atoms with Crippen LogP contribution in [0.15, 0.2) is 126 Å². The van der Waals surface area contributed by atoms with E-state index >= 15 is 0 Å². The lowest BCUT2D eigenvalue weighted by Gasteiger charge is -2.44. The predicted molar refractivity (Wildman–Crippen MR) is 273 cm³/mol. The molecule has 1 aliphatic carbocycles. The Morgan fingerprint density at radius 3 is 2.11 bits per heavy atom. The number of fused-ring (bicyclic) bond motifs is 8. The zero-order valence-electron chi connectivity index (χ0n) is 42.0. The van der Waals surface area contributed by atoms with Gasteiger partial charge in [-0.2, -0.15) is 0 Å². The van der Waals surface area contributed by atoms with E-state index in [-0.39, 0.29) is 10.8 Å². The lowest BCUT2D eigenvalue weighted by molar-refractivity contribution is 0.0270. The Morgan fingerprint density at radius 2 is 1.35 bits per heavy atom. The summed E-state index contributed by atoms with van der Waals surface area (Å²) in [6, 6.07) is 41.8. The van der Waals surface area contributed by atoms with Crippen LogP contribution in [0.2, 0.25) is 0 Å². The molecule has 0 radical (unpaired) electrons. The monoisotopic (exact) mass is 854 g/mol. The Balaban J connectivity index is 1.12. The van der Waals surface area contributed by atoms with Gasteiger partial charge in [-0.25, -0.2) is 9.98 Å². The fraction of sp³-hybridized carbons (Fsp3) is 0.300. The van der Waals surface area contributed by atoms with Gasteiger partial charge in [-0.3, -0.25) is 4.57 Å². The topological polar surface area (TPSA) is 44.3 Å². The fourth-order valence-electron chi connectivity index (χ4n) is 11.3. The van der Waals surface area contributed by atoms with Gasteiger partial charge in [0, 0.05) is 54.5 Å². The van der Waals surface area contributed by atoms with E-state index in [9.17, 15) is 2.74 Å². The zero-order valence-corrected chi connectivity index (χ0v) is 40.0. The molecule has 4 heterocycles. The summed E-state index contributed by atoms with van der Waals surface area (Å²) in [5.41, 5.74) is 15.9. The summed E-state index contributed by atoms with van der Waals surface area (Å²) in [7, 11) is 0. The van der Waals surface area contributed by atoms with Crippen LogP contribution in [0.25, 0.3) is 66.2 Å². The highest BCUT2D eigenvalue weighted by atomic mass is 16.5. The average Bonchev–Trinajstić information content (AvgIpc) is 3.87. The second kappa shape index (κ2) is 14.0. The number of nitrogens with zero attached hydrogens (tertiary/aromatic N) is 4. The number of aliphatic imine (C=N–C) groups is 1. The van der Waals surface area contributed by atoms with E-state index in [4.69, 9.17) is 14.7 Å². The molecule has 9 aromatic rings. The maximum Gasteiger partial charge on any atom is 0.217 e. The molecule has 5 nitrogen and oxygen atoms in total. The standard InChI is InChI=1S/C60H60N4O/c1-35-20-22-50-46(25-35)47-27-36(2)52(64-51-23-21-40(39-17-14-13-15-18-39)30-48(51)45-19-16-24-61-55(45)64)32-53(47)63(50)44-29-41(28-43(31-44)57(5,6)7)56-62-59(11)33-42-26-37(3)54(58(8,9)10)38(4)49(42)34-60(59,12)65-56/h13-32H,33-34H2,1-12H3/t59-,60-/m0/s1/i33D2. The van der Waals surface area contributed by atoms with Crippen molar-refractivity contribution in [1.82, 2.24) is 14.1 Å². The summed E-state index contributed by atoms with van der Waals surface area (Å²) >= 11 is 0. The van der Waals surface area contributed by atoms with Gasteiger partial charge in [0.2, 0.25) is 5.90 Å². The van der Waals surface area contributed by atoms with E-state index in [1.807, 2.05) is 19.2 Å². The van der Waals surface area contributed by atoms with E-state index < -0.39 is 17.5 Å². The normalized spacial score (nSPS) is 19.9. The molecular weight excluding hydrogens is 793 g/mol. The molecule has 0 amide bonds. The van der Waals surface area contributed by atoms with Crippen LogP contribution >= 0.6 is 0 Å². The molecule has 0 unspecified atom stereocenters. The molecule has 65 heavy (non-hydrogen) atoms. The van der Waals surface area contributed by atoms with E-state index in [0.29, 0.717) is 12.3 Å². The van der Waals surface area contributed by atoms with Gasteiger partial charge in [0.25, 0.3) is 0 Å². The first-order valence-corrected chi connectivity index (χ1v) is 23.2. The summed E-state index contributed by atoms with van der Waals surface area (Å²) in [4.78, 5) is 10.4. The molecule has 2 atom stereocenters. The molecule has 11 rings (SSSR count). The molecule has 0 spiro atoms. The maximum atomic E-state index is 9.94. The van der Waals surface area contributed by atoms with Crippen LogP contribution in [0.1, 0.15) is 108 Å². The van der Waals surface area contributed by atoms with Crippen molar-refractivity contribution >= 4 is 49.6 Å². The Morgan fingerprint density at radius 1 is 0.631 bits per heavy atom. The van der Waals surface area contributed by atoms with Crippen LogP contribution < -0.4 is 0 Å². The van der Waals surface area contributed by atoms with Gasteiger partial charge in [0.15, 0.2) is 0 Å². The third-order valence-electron chi connectivity index (χ3n) is 14.6. The summed E-state index contributed by atoms with van der Waals surface area (Å²) in [5, 5.41) is 4.64. The maximum absolute atomic E-state index is 9.94. The highest BCUT2D eigenvalue weighted by Gasteiger charge is 2.55. The minimum atomic E-state index is -1.79. The molecule has 326 valence electrons. The van der Waals surface area contributed by atoms with Gasteiger partial charge in [-0.05, 0) is 169 Å². The Hall–Kier alpha value is -6.46. The van der Waals surface area contributed by atoms with Crippen LogP contribution in [0.5, 0.6) is 0 Å². The number of benzene rings is 6. The summed E-state index contributed by atoms with van der Waals surface area (Å²) < 4.78 is 31.8. The van der Waals surface area contributed by atoms with Gasteiger partial charge in [-0.15, -0.1) is 0 Å². The van der Waals surface area contributed by atoms with Crippen molar-refractivity contribution in [2.45, 2.75) is 118 Å². The Labute approximate surface area is 386 Å². The first-order chi connectivity index (χ1) is 31.6. The molecule has 2 aliphatic rings. The molecule has 1 aliphatic heterocycles. The van der Waals surface area contributed by atoms with Gasteiger partial charge >= 0.3 is 0 Å². The molecule has 3 aromatic heterocycles. The van der Waals surface area contributed by atoms with Crippen molar-refractivity contribution in [1.29, 1.82) is 0 Å². The molecule has 0 fully saturated rings. The van der Waals surface area contributed by atoms with E-state index in [0.717, 1.165) is 83.3 Å². The molecule has 0 bridgehead atoms. The summed E-state index contributed by atoms with van der Waals surface area (Å²) in [6.45, 7) is 26.2. The van der Waals surface area contributed by atoms with Crippen molar-refractivity contribution in [3.63, 3.8) is 0 Å². The fourth-order valence-corrected chi connectivity index (χ4v) is 11.3. The number of aryl methyl sites for hydroxylation is 3. The molecule has 5 heteroatoms.